The van der Waals surface area contributed by atoms with Crippen LogP contribution in [-0.4, -0.2) is 0 Å². The Labute approximate surface area is 325 Å². The van der Waals surface area contributed by atoms with E-state index in [4.69, 9.17) is 4.42 Å². The van der Waals surface area contributed by atoms with Gasteiger partial charge in [-0.25, -0.2) is 0 Å². The van der Waals surface area contributed by atoms with Crippen LogP contribution < -0.4 is 4.90 Å². The van der Waals surface area contributed by atoms with Crippen molar-refractivity contribution >= 4 is 71.3 Å². The molecule has 1 aromatic heterocycles. The molecule has 11 rings (SSSR count). The molecule has 0 fully saturated rings. The average Bonchev–Trinajstić information content (AvgIpc) is 3.67. The van der Waals surface area contributed by atoms with Gasteiger partial charge in [-0.2, -0.15) is 0 Å². The molecule has 0 saturated heterocycles. The first kappa shape index (κ1) is 32.0. The van der Waals surface area contributed by atoms with Gasteiger partial charge in [0.1, 0.15) is 11.2 Å². The number of benzene rings is 10. The molecule has 56 heavy (non-hydrogen) atoms. The second-order valence-electron chi connectivity index (χ2n) is 14.4. The number of hydrogen-bond acceptors (Lipinski definition) is 2. The lowest BCUT2D eigenvalue weighted by Gasteiger charge is -2.26. The summed E-state index contributed by atoms with van der Waals surface area (Å²) in [5, 5.41) is 9.79. The molecule has 1 heterocycles. The first-order chi connectivity index (χ1) is 27.8. The lowest BCUT2D eigenvalue weighted by Crippen LogP contribution is -2.09. The van der Waals surface area contributed by atoms with Crippen LogP contribution in [0.15, 0.2) is 217 Å². The molecule has 0 spiro atoms. The zero-order valence-electron chi connectivity index (χ0n) is 30.6. The third kappa shape index (κ3) is 5.26. The van der Waals surface area contributed by atoms with E-state index in [1.165, 1.54) is 71.1 Å². The maximum absolute atomic E-state index is 6.40. The van der Waals surface area contributed by atoms with Crippen LogP contribution in [-0.2, 0) is 0 Å². The summed E-state index contributed by atoms with van der Waals surface area (Å²) in [6.07, 6.45) is 0. The van der Waals surface area contributed by atoms with E-state index >= 15 is 0 Å². The number of anilines is 3. The van der Waals surface area contributed by atoms with Crippen LogP contribution in [0.25, 0.3) is 87.6 Å². The first-order valence-electron chi connectivity index (χ1n) is 19.2. The standard InChI is InChI=1S/C54H35NO/c1-3-12-36(13-4-1)38-22-28-41(29-23-38)55(42-30-24-39(25-31-42)37-14-5-2-6-15-37)43-32-26-40(27-33-43)44-19-11-20-46-45-16-7-8-17-47(45)53-49(52(44)46)34-35-51-54(53)48-18-9-10-21-50(48)56-51/h1-35H. The fourth-order valence-electron chi connectivity index (χ4n) is 8.65. The van der Waals surface area contributed by atoms with E-state index in [0.29, 0.717) is 0 Å². The summed E-state index contributed by atoms with van der Waals surface area (Å²) in [4.78, 5) is 2.35. The Morgan fingerprint density at radius 1 is 0.250 bits per heavy atom. The molecule has 0 N–H and O–H groups in total. The number of rotatable bonds is 6. The Bertz CT molecular complexity index is 3120. The summed E-state index contributed by atoms with van der Waals surface area (Å²) in [5.41, 5.74) is 12.3. The zero-order chi connectivity index (χ0) is 37.0. The van der Waals surface area contributed by atoms with Crippen molar-refractivity contribution in [2.24, 2.45) is 0 Å². The van der Waals surface area contributed by atoms with Crippen LogP contribution in [0, 0.1) is 0 Å². The summed E-state index contributed by atoms with van der Waals surface area (Å²) in [7, 11) is 0. The summed E-state index contributed by atoms with van der Waals surface area (Å²) < 4.78 is 6.40. The Morgan fingerprint density at radius 3 is 1.32 bits per heavy atom. The van der Waals surface area contributed by atoms with Crippen molar-refractivity contribution in [3.05, 3.63) is 212 Å². The number of para-hydroxylation sites is 1. The second kappa shape index (κ2) is 13.2. The third-order valence-corrected chi connectivity index (χ3v) is 11.3. The molecule has 0 aliphatic carbocycles. The van der Waals surface area contributed by atoms with Crippen molar-refractivity contribution in [1.82, 2.24) is 0 Å². The van der Waals surface area contributed by atoms with Gasteiger partial charge < -0.3 is 9.32 Å². The third-order valence-electron chi connectivity index (χ3n) is 11.3. The molecule has 11 aromatic rings. The van der Waals surface area contributed by atoms with Gasteiger partial charge in [-0.1, -0.05) is 158 Å². The Morgan fingerprint density at radius 2 is 0.714 bits per heavy atom. The predicted molar refractivity (Wildman–Crippen MR) is 237 cm³/mol. The molecule has 0 amide bonds. The van der Waals surface area contributed by atoms with Gasteiger partial charge in [0.05, 0.1) is 0 Å². The van der Waals surface area contributed by atoms with Crippen molar-refractivity contribution in [2.75, 3.05) is 4.90 Å². The van der Waals surface area contributed by atoms with E-state index in [0.717, 1.165) is 33.6 Å². The Hall–Kier alpha value is -7.42. The molecule has 262 valence electrons. The first-order valence-corrected chi connectivity index (χ1v) is 19.2. The largest absolute Gasteiger partial charge is 0.456 e. The van der Waals surface area contributed by atoms with Crippen molar-refractivity contribution in [3.63, 3.8) is 0 Å². The molecule has 0 atom stereocenters. The minimum absolute atomic E-state index is 0.914. The smallest absolute Gasteiger partial charge is 0.136 e. The molecule has 0 aliphatic heterocycles. The fourth-order valence-corrected chi connectivity index (χ4v) is 8.65. The van der Waals surface area contributed by atoms with Gasteiger partial charge in [-0.05, 0) is 115 Å². The van der Waals surface area contributed by atoms with Crippen LogP contribution >= 0.6 is 0 Å². The Balaban J connectivity index is 1.07. The second-order valence-corrected chi connectivity index (χ2v) is 14.4. The quantitative estimate of drug-likeness (QED) is 0.160. The highest BCUT2D eigenvalue weighted by atomic mass is 16.3. The van der Waals surface area contributed by atoms with E-state index in [1.54, 1.807) is 0 Å². The lowest BCUT2D eigenvalue weighted by atomic mass is 9.88. The number of hydrogen-bond donors (Lipinski definition) is 0. The minimum Gasteiger partial charge on any atom is -0.456 e. The molecule has 10 aromatic carbocycles. The highest BCUT2D eigenvalue weighted by molar-refractivity contribution is 6.36. The average molecular weight is 714 g/mol. The van der Waals surface area contributed by atoms with Gasteiger partial charge in [0.15, 0.2) is 0 Å². The van der Waals surface area contributed by atoms with Crippen LogP contribution in [0.1, 0.15) is 0 Å². The van der Waals surface area contributed by atoms with Crippen molar-refractivity contribution in [2.45, 2.75) is 0 Å². The normalized spacial score (nSPS) is 11.6. The van der Waals surface area contributed by atoms with E-state index < -0.39 is 0 Å². The SMILES string of the molecule is c1ccc(-c2ccc(N(c3ccc(-c4ccccc4)cc3)c3ccc(-c4cccc5c6ccccc6c6c(ccc7oc8ccccc8c76)c45)cc3)cc2)cc1. The zero-order valence-corrected chi connectivity index (χ0v) is 30.6. The van der Waals surface area contributed by atoms with Gasteiger partial charge in [0.25, 0.3) is 0 Å². The molecule has 0 saturated carbocycles. The summed E-state index contributed by atoms with van der Waals surface area (Å²) >= 11 is 0. The summed E-state index contributed by atoms with van der Waals surface area (Å²) in [5.74, 6) is 0. The molecule has 0 aliphatic rings. The molecule has 0 unspecified atom stereocenters. The lowest BCUT2D eigenvalue weighted by molar-refractivity contribution is 0.669. The van der Waals surface area contributed by atoms with Gasteiger partial charge in [-0.15, -0.1) is 0 Å². The maximum atomic E-state index is 6.40. The molecule has 2 nitrogen and oxygen atoms in total. The van der Waals surface area contributed by atoms with E-state index in [2.05, 4.69) is 211 Å². The maximum Gasteiger partial charge on any atom is 0.136 e. The summed E-state index contributed by atoms with van der Waals surface area (Å²) in [6, 6.07) is 76.3. The topological polar surface area (TPSA) is 16.4 Å². The van der Waals surface area contributed by atoms with Gasteiger partial charge in [0, 0.05) is 33.2 Å². The van der Waals surface area contributed by atoms with Crippen LogP contribution in [0.4, 0.5) is 17.1 Å². The molecular weight excluding hydrogens is 679 g/mol. The van der Waals surface area contributed by atoms with E-state index in [-0.39, 0.29) is 0 Å². The monoisotopic (exact) mass is 713 g/mol. The van der Waals surface area contributed by atoms with Crippen LogP contribution in [0.3, 0.4) is 0 Å². The molecule has 0 radical (unpaired) electrons. The fraction of sp³-hybridized carbons (Fsp3) is 0. The van der Waals surface area contributed by atoms with Gasteiger partial charge in [-0.3, -0.25) is 0 Å². The van der Waals surface area contributed by atoms with Gasteiger partial charge in [0.2, 0.25) is 0 Å². The van der Waals surface area contributed by atoms with Crippen molar-refractivity contribution < 1.29 is 4.42 Å². The number of furan rings is 1. The highest BCUT2D eigenvalue weighted by Crippen LogP contribution is 2.46. The van der Waals surface area contributed by atoms with Crippen LogP contribution in [0.2, 0.25) is 0 Å². The highest BCUT2D eigenvalue weighted by Gasteiger charge is 2.19. The minimum atomic E-state index is 0.914. The summed E-state index contributed by atoms with van der Waals surface area (Å²) in [6.45, 7) is 0. The predicted octanol–water partition coefficient (Wildman–Crippen LogP) is 15.5. The number of fused-ring (bicyclic) bond motifs is 10. The van der Waals surface area contributed by atoms with Crippen molar-refractivity contribution in [1.29, 1.82) is 0 Å². The molecular formula is C54H35NO. The van der Waals surface area contributed by atoms with E-state index in [9.17, 15) is 0 Å². The van der Waals surface area contributed by atoms with Crippen LogP contribution in [0.5, 0.6) is 0 Å². The van der Waals surface area contributed by atoms with Gasteiger partial charge >= 0.3 is 0 Å². The molecule has 2 heteroatoms. The van der Waals surface area contributed by atoms with Crippen molar-refractivity contribution in [3.8, 4) is 33.4 Å². The van der Waals surface area contributed by atoms with E-state index in [1.807, 2.05) is 6.07 Å². The molecule has 0 bridgehead atoms. The number of nitrogens with zero attached hydrogens (tertiary/aromatic N) is 1. The Kier molecular flexibility index (Phi) is 7.53.